The fourth-order valence-corrected chi connectivity index (χ4v) is 5.95. The number of imide groups is 1. The van der Waals surface area contributed by atoms with Gasteiger partial charge >= 0.3 is 12.1 Å². The molecule has 0 spiro atoms. The first-order valence-corrected chi connectivity index (χ1v) is 14.9. The molecule has 6 atom stereocenters. The van der Waals surface area contributed by atoms with Crippen LogP contribution in [0.15, 0.2) is 0 Å². The fourth-order valence-electron chi connectivity index (χ4n) is 5.95. The van der Waals surface area contributed by atoms with Crippen LogP contribution < -0.4 is 5.73 Å². The van der Waals surface area contributed by atoms with Crippen LogP contribution in [-0.2, 0) is 28.7 Å². The quantitative estimate of drug-likeness (QED) is 0.278. The zero-order valence-electron chi connectivity index (χ0n) is 24.0. The zero-order chi connectivity index (χ0) is 28.9. The molecule has 3 fully saturated rings. The molecule has 4 aliphatic carbocycles. The van der Waals surface area contributed by atoms with Gasteiger partial charge in [0.2, 0.25) is 0 Å². The minimum atomic E-state index is -0.978. The van der Waals surface area contributed by atoms with Crippen LogP contribution in [0.2, 0.25) is 0 Å². The summed E-state index contributed by atoms with van der Waals surface area (Å²) in [4.78, 5) is 50.1. The Morgan fingerprint density at radius 3 is 1.57 bits per heavy atom. The number of carbonyl (C=O) groups is 4. The second-order valence-corrected chi connectivity index (χ2v) is 10.9. The molecule has 1 saturated heterocycles. The molecule has 2 N–H and O–H groups in total. The lowest BCUT2D eigenvalue weighted by Gasteiger charge is -2.12. The van der Waals surface area contributed by atoms with Crippen molar-refractivity contribution in [3.63, 3.8) is 0 Å². The SMILES string of the molecule is CCCC(=O)OCC1[C@H]2CCC#CCC[C@@H]12.CCN.O=C(OCC1[C@H]2CCC#CCC[C@@H]12)ON1C(=O)CCC1=O. The maximum atomic E-state index is 11.5. The van der Waals surface area contributed by atoms with Crippen LogP contribution in [0.5, 0.6) is 0 Å². The summed E-state index contributed by atoms with van der Waals surface area (Å²) < 4.78 is 10.4. The van der Waals surface area contributed by atoms with Crippen molar-refractivity contribution < 1.29 is 33.5 Å². The van der Waals surface area contributed by atoms with Crippen molar-refractivity contribution in [3.05, 3.63) is 0 Å². The summed E-state index contributed by atoms with van der Waals surface area (Å²) >= 11 is 0. The molecule has 1 heterocycles. The van der Waals surface area contributed by atoms with Gasteiger partial charge in [0, 0.05) is 44.9 Å². The molecule has 9 nitrogen and oxygen atoms in total. The Kier molecular flexibility index (Phi) is 12.8. The number of nitrogens with zero attached hydrogens (tertiary/aromatic N) is 1. The molecule has 0 aromatic rings. The number of rotatable bonds is 7. The highest BCUT2D eigenvalue weighted by Crippen LogP contribution is 2.53. The number of nitrogens with two attached hydrogens (primary N) is 1. The Balaban J connectivity index is 0.000000207. The van der Waals surface area contributed by atoms with Crippen molar-refractivity contribution in [3.8, 4) is 23.7 Å². The molecule has 2 unspecified atom stereocenters. The minimum Gasteiger partial charge on any atom is -0.465 e. The Bertz CT molecular complexity index is 968. The molecule has 2 amide bonds. The third-order valence-electron chi connectivity index (χ3n) is 8.13. The van der Waals surface area contributed by atoms with E-state index < -0.39 is 18.0 Å². The van der Waals surface area contributed by atoms with E-state index in [2.05, 4.69) is 28.5 Å². The van der Waals surface area contributed by atoms with Gasteiger partial charge in [-0.2, -0.15) is 0 Å². The highest BCUT2D eigenvalue weighted by Gasteiger charge is 2.50. The molecule has 5 aliphatic rings. The minimum absolute atomic E-state index is 0.0296. The lowest BCUT2D eigenvalue weighted by Crippen LogP contribution is -2.32. The van der Waals surface area contributed by atoms with E-state index in [9.17, 15) is 19.2 Å². The second-order valence-electron chi connectivity index (χ2n) is 10.9. The first kappa shape index (κ1) is 31.5. The normalized spacial score (nSPS) is 29.1. The summed E-state index contributed by atoms with van der Waals surface area (Å²) in [5, 5.41) is 0.506. The van der Waals surface area contributed by atoms with Crippen LogP contribution in [0.1, 0.15) is 90.9 Å². The summed E-state index contributed by atoms with van der Waals surface area (Å²) in [6.45, 7) is 5.59. The Labute approximate surface area is 238 Å². The summed E-state index contributed by atoms with van der Waals surface area (Å²) in [7, 11) is 0. The monoisotopic (exact) mass is 556 g/mol. The highest BCUT2D eigenvalue weighted by molar-refractivity contribution is 6.01. The smallest absolute Gasteiger partial charge is 0.465 e. The van der Waals surface area contributed by atoms with E-state index in [1.165, 1.54) is 12.8 Å². The predicted octanol–water partition coefficient (Wildman–Crippen LogP) is 4.38. The molecular weight excluding hydrogens is 512 g/mol. The van der Waals surface area contributed by atoms with Crippen molar-refractivity contribution in [2.24, 2.45) is 41.2 Å². The Morgan fingerprint density at radius 1 is 0.775 bits per heavy atom. The molecule has 40 heavy (non-hydrogen) atoms. The van der Waals surface area contributed by atoms with Crippen molar-refractivity contribution >= 4 is 23.9 Å². The first-order chi connectivity index (χ1) is 19.4. The van der Waals surface area contributed by atoms with Crippen molar-refractivity contribution in [2.45, 2.75) is 90.9 Å². The maximum absolute atomic E-state index is 11.5. The molecule has 2 saturated carbocycles. The third kappa shape index (κ3) is 9.55. The second kappa shape index (κ2) is 16.3. The van der Waals surface area contributed by atoms with E-state index in [-0.39, 0.29) is 25.4 Å². The van der Waals surface area contributed by atoms with Gasteiger partial charge in [-0.1, -0.05) is 18.9 Å². The van der Waals surface area contributed by atoms with Crippen molar-refractivity contribution in [1.29, 1.82) is 0 Å². The fraction of sp³-hybridized carbons (Fsp3) is 0.742. The largest absolute Gasteiger partial charge is 0.533 e. The van der Waals surface area contributed by atoms with Gasteiger partial charge in [-0.25, -0.2) is 4.79 Å². The van der Waals surface area contributed by atoms with Crippen LogP contribution in [0.3, 0.4) is 0 Å². The number of hydroxylamine groups is 2. The molecule has 220 valence electrons. The number of hydrogen-bond acceptors (Lipinski definition) is 8. The molecular formula is C31H44N2O7. The van der Waals surface area contributed by atoms with Gasteiger partial charge < -0.3 is 15.2 Å². The van der Waals surface area contributed by atoms with E-state index in [0.717, 1.165) is 63.3 Å². The van der Waals surface area contributed by atoms with Crippen LogP contribution in [0.4, 0.5) is 4.79 Å². The van der Waals surface area contributed by atoms with Gasteiger partial charge in [-0.3, -0.25) is 19.2 Å². The molecule has 5 rings (SSSR count). The van der Waals surface area contributed by atoms with Gasteiger partial charge in [-0.05, 0) is 74.2 Å². The first-order valence-electron chi connectivity index (χ1n) is 14.9. The van der Waals surface area contributed by atoms with Crippen molar-refractivity contribution in [1.82, 2.24) is 5.06 Å². The van der Waals surface area contributed by atoms with E-state index in [0.29, 0.717) is 41.8 Å². The number of ether oxygens (including phenoxy) is 2. The van der Waals surface area contributed by atoms with Crippen LogP contribution in [0, 0.1) is 59.2 Å². The summed E-state index contributed by atoms with van der Waals surface area (Å²) in [5.41, 5.74) is 4.85. The van der Waals surface area contributed by atoms with E-state index in [1.54, 1.807) is 0 Å². The lowest BCUT2D eigenvalue weighted by atomic mass is 10.1. The molecule has 0 radical (unpaired) electrons. The van der Waals surface area contributed by atoms with Crippen LogP contribution >= 0.6 is 0 Å². The van der Waals surface area contributed by atoms with Gasteiger partial charge in [0.25, 0.3) is 11.8 Å². The summed E-state index contributed by atoms with van der Waals surface area (Å²) in [6.07, 6.45) is 8.98. The Hall–Kier alpha value is -3.04. The molecule has 1 aliphatic heterocycles. The topological polar surface area (TPSA) is 125 Å². The number of amides is 2. The average molecular weight is 557 g/mol. The number of hydrogen-bond donors (Lipinski definition) is 1. The van der Waals surface area contributed by atoms with Crippen LogP contribution in [0.25, 0.3) is 0 Å². The molecule has 9 heteroatoms. The number of fused-ring (bicyclic) bond motifs is 2. The van der Waals surface area contributed by atoms with E-state index >= 15 is 0 Å². The van der Waals surface area contributed by atoms with Gasteiger partial charge in [0.1, 0.15) is 0 Å². The maximum Gasteiger partial charge on any atom is 0.533 e. The number of carbonyl (C=O) groups excluding carboxylic acids is 4. The lowest BCUT2D eigenvalue weighted by molar-refractivity contribution is -0.177. The van der Waals surface area contributed by atoms with Gasteiger partial charge in [0.15, 0.2) is 0 Å². The van der Waals surface area contributed by atoms with Gasteiger partial charge in [-0.15, -0.1) is 23.7 Å². The standard InChI is InChI=1S/C15H17NO5.C14H20O2.C2H7N/c17-13-7-8-14(18)16(13)21-15(19)20-9-12-10-5-3-1-2-4-6-11(10)12;1-2-7-14(15)16-10-13-11-8-5-3-4-6-9-12(11)13;1-2-3/h10-12H,3-9H2;11-13H,2,5-10H2,1H3;2-3H2,1H3/t10-,11+,12?;11-,12+,13?;. The molecule has 0 bridgehead atoms. The van der Waals surface area contributed by atoms with E-state index in [1.807, 2.05) is 13.8 Å². The van der Waals surface area contributed by atoms with Gasteiger partial charge in [0.05, 0.1) is 13.2 Å². The summed E-state index contributed by atoms with van der Waals surface area (Å²) in [6, 6.07) is 0. The summed E-state index contributed by atoms with van der Waals surface area (Å²) in [5.74, 6) is 15.3. The highest BCUT2D eigenvalue weighted by atomic mass is 16.8. The molecule has 0 aromatic carbocycles. The Morgan fingerprint density at radius 2 is 1.18 bits per heavy atom. The molecule has 0 aromatic heterocycles. The zero-order valence-corrected chi connectivity index (χ0v) is 24.0. The predicted molar refractivity (Wildman–Crippen MR) is 148 cm³/mol. The van der Waals surface area contributed by atoms with Crippen LogP contribution in [-0.4, -0.2) is 48.8 Å². The third-order valence-corrected chi connectivity index (χ3v) is 8.13. The average Bonchev–Trinajstić information content (AvgIpc) is 3.72. The van der Waals surface area contributed by atoms with Crippen molar-refractivity contribution in [2.75, 3.05) is 19.8 Å². The van der Waals surface area contributed by atoms with E-state index in [4.69, 9.17) is 15.2 Å². The number of esters is 1.